The van der Waals surface area contributed by atoms with Crippen LogP contribution < -0.4 is 0 Å². The Morgan fingerprint density at radius 3 is 2.60 bits per heavy atom. The molecule has 1 atom stereocenters. The van der Waals surface area contributed by atoms with Gasteiger partial charge in [0.05, 0.1) is 11.5 Å². The van der Waals surface area contributed by atoms with E-state index >= 15 is 0 Å². The van der Waals surface area contributed by atoms with E-state index in [0.717, 1.165) is 10.0 Å². The van der Waals surface area contributed by atoms with Gasteiger partial charge in [0.15, 0.2) is 5.78 Å². The summed E-state index contributed by atoms with van der Waals surface area (Å²) in [7, 11) is -1.27. The Kier molecular flexibility index (Phi) is 5.52. The van der Waals surface area contributed by atoms with E-state index in [1.54, 1.807) is 24.3 Å². The second kappa shape index (κ2) is 7.16. The van der Waals surface area contributed by atoms with Crippen LogP contribution in [0.2, 0.25) is 5.02 Å². The molecule has 2 aromatic rings. The molecule has 0 N–H and O–H groups in total. The van der Waals surface area contributed by atoms with Gasteiger partial charge in [-0.05, 0) is 23.8 Å². The van der Waals surface area contributed by atoms with Gasteiger partial charge in [-0.2, -0.15) is 0 Å². The lowest BCUT2D eigenvalue weighted by Gasteiger charge is -2.05. The minimum atomic E-state index is -1.27. The Bertz CT molecular complexity index is 658. The van der Waals surface area contributed by atoms with Crippen LogP contribution in [0.1, 0.15) is 15.9 Å². The zero-order chi connectivity index (χ0) is 14.5. The average Bonchev–Trinajstić information content (AvgIpc) is 2.41. The molecule has 0 aliphatic carbocycles. The minimum absolute atomic E-state index is 0.00166. The molecule has 0 aliphatic heterocycles. The van der Waals surface area contributed by atoms with Crippen molar-refractivity contribution in [2.24, 2.45) is 0 Å². The predicted octanol–water partition coefficient (Wildman–Crippen LogP) is 4.23. The van der Waals surface area contributed by atoms with Crippen LogP contribution in [-0.4, -0.2) is 15.7 Å². The predicted molar refractivity (Wildman–Crippen MR) is 86.6 cm³/mol. The first-order valence-corrected chi connectivity index (χ1v) is 8.59. The molecule has 0 radical (unpaired) electrons. The number of hydrogen-bond donors (Lipinski definition) is 0. The van der Waals surface area contributed by atoms with Crippen LogP contribution in [0.25, 0.3) is 0 Å². The number of carbonyl (C=O) groups is 1. The fourth-order valence-electron chi connectivity index (χ4n) is 1.73. The van der Waals surface area contributed by atoms with Gasteiger partial charge in [0.25, 0.3) is 0 Å². The van der Waals surface area contributed by atoms with Crippen LogP contribution in [0.15, 0.2) is 53.0 Å². The first-order chi connectivity index (χ1) is 9.56. The molecule has 0 bridgehead atoms. The number of Topliss-reactive ketones (excluding diaryl/α,β-unsaturated/α-hetero) is 1. The summed E-state index contributed by atoms with van der Waals surface area (Å²) in [5.41, 5.74) is 1.36. The maximum Gasteiger partial charge on any atom is 0.175 e. The molecule has 0 saturated carbocycles. The van der Waals surface area contributed by atoms with Crippen LogP contribution in [0, 0.1) is 0 Å². The number of hydrogen-bond acceptors (Lipinski definition) is 2. The molecule has 104 valence electrons. The highest BCUT2D eigenvalue weighted by Crippen LogP contribution is 2.17. The van der Waals surface area contributed by atoms with Crippen molar-refractivity contribution in [3.05, 3.63) is 69.2 Å². The first kappa shape index (κ1) is 15.4. The van der Waals surface area contributed by atoms with Crippen molar-refractivity contribution in [3.8, 4) is 0 Å². The standard InChI is InChI=1S/C15H12BrClO2S/c16-13-6-3-5-11(8-13)15(18)10-20(19)9-12-4-1-2-7-14(12)17/h1-8H,9-10H2. The van der Waals surface area contributed by atoms with Crippen molar-refractivity contribution < 1.29 is 9.00 Å². The Labute approximate surface area is 133 Å². The summed E-state index contributed by atoms with van der Waals surface area (Å²) in [4.78, 5) is 12.0. The van der Waals surface area contributed by atoms with E-state index in [1.807, 2.05) is 24.3 Å². The van der Waals surface area contributed by atoms with Crippen LogP contribution in [0.3, 0.4) is 0 Å². The molecule has 2 rings (SSSR count). The lowest BCUT2D eigenvalue weighted by atomic mass is 10.2. The van der Waals surface area contributed by atoms with Crippen LogP contribution in [0.4, 0.5) is 0 Å². The molecule has 1 unspecified atom stereocenters. The average molecular weight is 372 g/mol. The van der Waals surface area contributed by atoms with Gasteiger partial charge >= 0.3 is 0 Å². The number of benzene rings is 2. The van der Waals surface area contributed by atoms with Gasteiger partial charge in [0.1, 0.15) is 0 Å². The summed E-state index contributed by atoms with van der Waals surface area (Å²) in [6.45, 7) is 0. The summed E-state index contributed by atoms with van der Waals surface area (Å²) in [5.74, 6) is 0.165. The minimum Gasteiger partial charge on any atom is -0.293 e. The maximum absolute atomic E-state index is 12.1. The fraction of sp³-hybridized carbons (Fsp3) is 0.133. The third kappa shape index (κ3) is 4.27. The Hall–Kier alpha value is -0.970. The zero-order valence-electron chi connectivity index (χ0n) is 10.5. The largest absolute Gasteiger partial charge is 0.293 e. The van der Waals surface area contributed by atoms with Gasteiger partial charge in [0, 0.05) is 25.9 Å². The summed E-state index contributed by atoms with van der Waals surface area (Å²) in [6, 6.07) is 14.3. The molecule has 0 aliphatic rings. The van der Waals surface area contributed by atoms with E-state index in [9.17, 15) is 9.00 Å². The lowest BCUT2D eigenvalue weighted by Crippen LogP contribution is -2.12. The van der Waals surface area contributed by atoms with E-state index in [1.165, 1.54) is 0 Å². The SMILES string of the molecule is O=C(CS(=O)Cc1ccccc1Cl)c1cccc(Br)c1. The van der Waals surface area contributed by atoms with E-state index in [4.69, 9.17) is 11.6 Å². The Balaban J connectivity index is 2.02. The third-order valence-electron chi connectivity index (χ3n) is 2.71. The molecule has 2 nitrogen and oxygen atoms in total. The summed E-state index contributed by atoms with van der Waals surface area (Å²) in [5, 5.41) is 0.579. The van der Waals surface area contributed by atoms with E-state index in [-0.39, 0.29) is 11.5 Å². The molecule has 0 fully saturated rings. The highest BCUT2D eigenvalue weighted by Gasteiger charge is 2.12. The highest BCUT2D eigenvalue weighted by atomic mass is 79.9. The number of rotatable bonds is 5. The first-order valence-electron chi connectivity index (χ1n) is 5.93. The third-order valence-corrected chi connectivity index (χ3v) is 4.79. The van der Waals surface area contributed by atoms with Gasteiger partial charge in [-0.3, -0.25) is 9.00 Å². The molecule has 0 spiro atoms. The molecule has 0 saturated heterocycles. The second-order valence-electron chi connectivity index (χ2n) is 4.25. The molecular weight excluding hydrogens is 360 g/mol. The summed E-state index contributed by atoms with van der Waals surface area (Å²) < 4.78 is 12.9. The molecule has 2 aromatic carbocycles. The molecule has 5 heteroatoms. The second-order valence-corrected chi connectivity index (χ2v) is 7.03. The molecule has 0 aromatic heterocycles. The number of carbonyl (C=O) groups excluding carboxylic acids is 1. The molecular formula is C15H12BrClO2S. The van der Waals surface area contributed by atoms with Crippen LogP contribution in [-0.2, 0) is 16.6 Å². The van der Waals surface area contributed by atoms with Crippen LogP contribution >= 0.6 is 27.5 Å². The van der Waals surface area contributed by atoms with Gasteiger partial charge < -0.3 is 0 Å². The van der Waals surface area contributed by atoms with Crippen molar-refractivity contribution in [1.82, 2.24) is 0 Å². The van der Waals surface area contributed by atoms with Crippen molar-refractivity contribution in [1.29, 1.82) is 0 Å². The summed E-state index contributed by atoms with van der Waals surface area (Å²) >= 11 is 9.33. The van der Waals surface area contributed by atoms with Gasteiger partial charge in [-0.1, -0.05) is 57.9 Å². The smallest absolute Gasteiger partial charge is 0.175 e. The molecule has 0 heterocycles. The van der Waals surface area contributed by atoms with Gasteiger partial charge in [-0.15, -0.1) is 0 Å². The Morgan fingerprint density at radius 2 is 1.90 bits per heavy atom. The number of ketones is 1. The van der Waals surface area contributed by atoms with E-state index in [0.29, 0.717) is 16.3 Å². The zero-order valence-corrected chi connectivity index (χ0v) is 13.7. The van der Waals surface area contributed by atoms with Crippen molar-refractivity contribution in [2.45, 2.75) is 5.75 Å². The van der Waals surface area contributed by atoms with E-state index in [2.05, 4.69) is 15.9 Å². The lowest BCUT2D eigenvalue weighted by molar-refractivity contribution is 0.102. The highest BCUT2D eigenvalue weighted by molar-refractivity contribution is 9.10. The van der Waals surface area contributed by atoms with Gasteiger partial charge in [-0.25, -0.2) is 0 Å². The summed E-state index contributed by atoms with van der Waals surface area (Å²) in [6.07, 6.45) is 0. The van der Waals surface area contributed by atoms with E-state index < -0.39 is 10.8 Å². The number of halogens is 2. The monoisotopic (exact) mass is 370 g/mol. The van der Waals surface area contributed by atoms with Crippen molar-refractivity contribution >= 4 is 44.1 Å². The Morgan fingerprint density at radius 1 is 1.15 bits per heavy atom. The molecule has 0 amide bonds. The maximum atomic E-state index is 12.1. The molecule has 20 heavy (non-hydrogen) atoms. The fourth-order valence-corrected chi connectivity index (χ4v) is 3.57. The normalized spacial score (nSPS) is 12.1. The topological polar surface area (TPSA) is 34.1 Å². The quantitative estimate of drug-likeness (QED) is 0.737. The van der Waals surface area contributed by atoms with Crippen molar-refractivity contribution in [3.63, 3.8) is 0 Å². The van der Waals surface area contributed by atoms with Gasteiger partial charge in [0.2, 0.25) is 0 Å². The van der Waals surface area contributed by atoms with Crippen LogP contribution in [0.5, 0.6) is 0 Å². The van der Waals surface area contributed by atoms with Crippen molar-refractivity contribution in [2.75, 3.05) is 5.75 Å².